The van der Waals surface area contributed by atoms with E-state index in [4.69, 9.17) is 0 Å². The molecule has 0 aliphatic heterocycles. The van der Waals surface area contributed by atoms with Crippen molar-refractivity contribution in [1.82, 2.24) is 15.1 Å². The standard InChI is InChI=1S/C9H14F3N3/c1-7-8(6-14-15(7)2)5-13-4-3-9(10,11)12/h6,13H,3-5H2,1-2H3. The highest BCUT2D eigenvalue weighted by atomic mass is 19.4. The lowest BCUT2D eigenvalue weighted by Gasteiger charge is -2.07. The first-order chi connectivity index (χ1) is 6.90. The second-order valence-electron chi connectivity index (χ2n) is 3.42. The van der Waals surface area contributed by atoms with Crippen LogP contribution in [-0.2, 0) is 13.6 Å². The fourth-order valence-electron chi connectivity index (χ4n) is 1.17. The van der Waals surface area contributed by atoms with Crippen LogP contribution < -0.4 is 5.32 Å². The van der Waals surface area contributed by atoms with Crippen molar-refractivity contribution in [3.05, 3.63) is 17.5 Å². The Labute approximate surface area is 86.3 Å². The molecule has 0 spiro atoms. The highest BCUT2D eigenvalue weighted by molar-refractivity contribution is 5.15. The summed E-state index contributed by atoms with van der Waals surface area (Å²) in [7, 11) is 1.80. The van der Waals surface area contributed by atoms with Gasteiger partial charge in [-0.2, -0.15) is 18.3 Å². The number of halogens is 3. The molecule has 6 heteroatoms. The van der Waals surface area contributed by atoms with E-state index in [1.165, 1.54) is 0 Å². The number of nitrogens with zero attached hydrogens (tertiary/aromatic N) is 2. The van der Waals surface area contributed by atoms with Crippen molar-refractivity contribution in [1.29, 1.82) is 0 Å². The van der Waals surface area contributed by atoms with Crippen LogP contribution in [0.5, 0.6) is 0 Å². The zero-order valence-electron chi connectivity index (χ0n) is 8.73. The monoisotopic (exact) mass is 221 g/mol. The maximum absolute atomic E-state index is 11.8. The molecule has 15 heavy (non-hydrogen) atoms. The number of aryl methyl sites for hydroxylation is 1. The molecule has 0 radical (unpaired) electrons. The topological polar surface area (TPSA) is 29.9 Å². The highest BCUT2D eigenvalue weighted by Gasteiger charge is 2.25. The van der Waals surface area contributed by atoms with Gasteiger partial charge in [-0.1, -0.05) is 0 Å². The van der Waals surface area contributed by atoms with Gasteiger partial charge in [-0.05, 0) is 6.92 Å². The zero-order valence-corrected chi connectivity index (χ0v) is 8.73. The fourth-order valence-corrected chi connectivity index (χ4v) is 1.17. The molecule has 0 atom stereocenters. The predicted octanol–water partition coefficient (Wildman–Crippen LogP) is 1.77. The van der Waals surface area contributed by atoms with Crippen molar-refractivity contribution in [3.63, 3.8) is 0 Å². The van der Waals surface area contributed by atoms with Crippen LogP contribution in [0.4, 0.5) is 13.2 Å². The first kappa shape index (κ1) is 12.0. The molecule has 0 saturated carbocycles. The number of aromatic nitrogens is 2. The lowest BCUT2D eigenvalue weighted by molar-refractivity contribution is -0.133. The highest BCUT2D eigenvalue weighted by Crippen LogP contribution is 2.18. The van der Waals surface area contributed by atoms with E-state index in [1.807, 2.05) is 6.92 Å². The molecule has 1 heterocycles. The Morgan fingerprint density at radius 2 is 2.13 bits per heavy atom. The number of hydrogen-bond acceptors (Lipinski definition) is 2. The number of alkyl halides is 3. The van der Waals surface area contributed by atoms with E-state index in [9.17, 15) is 13.2 Å². The van der Waals surface area contributed by atoms with Gasteiger partial charge in [0.25, 0.3) is 0 Å². The molecule has 1 aromatic rings. The number of hydrogen-bond donors (Lipinski definition) is 1. The molecule has 0 amide bonds. The molecule has 0 aliphatic rings. The van der Waals surface area contributed by atoms with Crippen LogP contribution in [0.15, 0.2) is 6.20 Å². The molecule has 0 aliphatic carbocycles. The molecule has 0 fully saturated rings. The van der Waals surface area contributed by atoms with Gasteiger partial charge < -0.3 is 5.32 Å². The summed E-state index contributed by atoms with van der Waals surface area (Å²) in [5.74, 6) is 0. The third kappa shape index (κ3) is 3.91. The van der Waals surface area contributed by atoms with Crippen molar-refractivity contribution in [3.8, 4) is 0 Å². The fraction of sp³-hybridized carbons (Fsp3) is 0.667. The quantitative estimate of drug-likeness (QED) is 0.785. The molecule has 1 aromatic heterocycles. The molecule has 0 saturated heterocycles. The Balaban J connectivity index is 2.30. The van der Waals surface area contributed by atoms with E-state index in [0.29, 0.717) is 6.54 Å². The van der Waals surface area contributed by atoms with Gasteiger partial charge in [0.1, 0.15) is 0 Å². The van der Waals surface area contributed by atoms with E-state index in [1.54, 1.807) is 17.9 Å². The van der Waals surface area contributed by atoms with Gasteiger partial charge in [-0.15, -0.1) is 0 Å². The lowest BCUT2D eigenvalue weighted by atomic mass is 10.2. The van der Waals surface area contributed by atoms with Gasteiger partial charge in [-0.25, -0.2) is 0 Å². The van der Waals surface area contributed by atoms with Crippen LogP contribution in [0.25, 0.3) is 0 Å². The van der Waals surface area contributed by atoms with Crippen molar-refractivity contribution in [2.45, 2.75) is 26.1 Å². The summed E-state index contributed by atoms with van der Waals surface area (Å²) in [5.41, 5.74) is 1.90. The van der Waals surface area contributed by atoms with Gasteiger partial charge in [0.05, 0.1) is 12.6 Å². The van der Waals surface area contributed by atoms with Crippen LogP contribution in [0.1, 0.15) is 17.7 Å². The van der Waals surface area contributed by atoms with Crippen molar-refractivity contribution < 1.29 is 13.2 Å². The van der Waals surface area contributed by atoms with Crippen LogP contribution in [0.3, 0.4) is 0 Å². The molecule has 1 rings (SSSR count). The van der Waals surface area contributed by atoms with E-state index in [-0.39, 0.29) is 6.54 Å². The molecule has 86 valence electrons. The van der Waals surface area contributed by atoms with Gasteiger partial charge >= 0.3 is 6.18 Å². The first-order valence-corrected chi connectivity index (χ1v) is 4.65. The second-order valence-corrected chi connectivity index (χ2v) is 3.42. The van der Waals surface area contributed by atoms with Crippen molar-refractivity contribution in [2.75, 3.05) is 6.54 Å². The van der Waals surface area contributed by atoms with Crippen LogP contribution >= 0.6 is 0 Å². The summed E-state index contributed by atoms with van der Waals surface area (Å²) in [4.78, 5) is 0. The zero-order chi connectivity index (χ0) is 11.5. The molecule has 0 unspecified atom stereocenters. The molecular formula is C9H14F3N3. The normalized spacial score (nSPS) is 12.1. The lowest BCUT2D eigenvalue weighted by Crippen LogP contribution is -2.21. The SMILES string of the molecule is Cc1c(CNCCC(F)(F)F)cnn1C. The van der Waals surface area contributed by atoms with Crippen molar-refractivity contribution in [2.24, 2.45) is 7.05 Å². The summed E-state index contributed by atoms with van der Waals surface area (Å²) >= 11 is 0. The maximum atomic E-state index is 11.8. The minimum Gasteiger partial charge on any atom is -0.312 e. The summed E-state index contributed by atoms with van der Waals surface area (Å²) < 4.78 is 37.1. The largest absolute Gasteiger partial charge is 0.390 e. The smallest absolute Gasteiger partial charge is 0.312 e. The third-order valence-electron chi connectivity index (χ3n) is 2.24. The first-order valence-electron chi connectivity index (χ1n) is 4.65. The van der Waals surface area contributed by atoms with E-state index < -0.39 is 12.6 Å². The minimum atomic E-state index is -4.09. The number of nitrogens with one attached hydrogen (secondary N) is 1. The molecule has 1 N–H and O–H groups in total. The molecular weight excluding hydrogens is 207 g/mol. The number of rotatable bonds is 4. The Morgan fingerprint density at radius 1 is 1.47 bits per heavy atom. The Morgan fingerprint density at radius 3 is 2.60 bits per heavy atom. The summed E-state index contributed by atoms with van der Waals surface area (Å²) in [6.07, 6.45) is -3.22. The van der Waals surface area contributed by atoms with Gasteiger partial charge in [-0.3, -0.25) is 4.68 Å². The van der Waals surface area contributed by atoms with Gasteiger partial charge in [0.15, 0.2) is 0 Å². The maximum Gasteiger partial charge on any atom is 0.390 e. The summed E-state index contributed by atoms with van der Waals surface area (Å²) in [6, 6.07) is 0. The predicted molar refractivity (Wildman–Crippen MR) is 50.3 cm³/mol. The molecule has 0 bridgehead atoms. The average molecular weight is 221 g/mol. The van der Waals surface area contributed by atoms with Crippen molar-refractivity contribution >= 4 is 0 Å². The molecule has 3 nitrogen and oxygen atoms in total. The van der Waals surface area contributed by atoms with Crippen LogP contribution in [0, 0.1) is 6.92 Å². The van der Waals surface area contributed by atoms with E-state index in [0.717, 1.165) is 11.3 Å². The Hall–Kier alpha value is -1.04. The Kier molecular flexibility index (Phi) is 3.73. The van der Waals surface area contributed by atoms with Gasteiger partial charge in [0.2, 0.25) is 0 Å². The van der Waals surface area contributed by atoms with E-state index in [2.05, 4.69) is 10.4 Å². The van der Waals surface area contributed by atoms with E-state index >= 15 is 0 Å². The van der Waals surface area contributed by atoms with Gasteiger partial charge in [0, 0.05) is 31.4 Å². The Bertz CT molecular complexity index is 317. The minimum absolute atomic E-state index is 0.0577. The van der Waals surface area contributed by atoms with Crippen LogP contribution in [-0.4, -0.2) is 22.5 Å². The average Bonchev–Trinajstić information content (AvgIpc) is 2.42. The summed E-state index contributed by atoms with van der Waals surface area (Å²) in [6.45, 7) is 2.25. The van der Waals surface area contributed by atoms with Crippen LogP contribution in [0.2, 0.25) is 0 Å². The second kappa shape index (κ2) is 4.65. The molecule has 0 aromatic carbocycles. The summed E-state index contributed by atoms with van der Waals surface area (Å²) in [5, 5.41) is 6.74. The third-order valence-corrected chi connectivity index (χ3v) is 2.24.